The summed E-state index contributed by atoms with van der Waals surface area (Å²) in [5.74, 6) is 14.5. The summed E-state index contributed by atoms with van der Waals surface area (Å²) in [6.07, 6.45) is 35.4. The van der Waals surface area contributed by atoms with Crippen molar-refractivity contribution in [2.45, 2.75) is 128 Å². The molecule has 0 aliphatic heterocycles. The molecule has 4 rings (SSSR count). The van der Waals surface area contributed by atoms with E-state index in [1.807, 2.05) is 0 Å². The average molecular weight is 521 g/mol. The molecule has 0 saturated heterocycles. The molecule has 0 atom stereocenters. The van der Waals surface area contributed by atoms with Gasteiger partial charge in [0.15, 0.2) is 0 Å². The maximum atomic E-state index is 6.00. The van der Waals surface area contributed by atoms with E-state index in [0.29, 0.717) is 23.7 Å². The molecule has 4 aliphatic rings. The van der Waals surface area contributed by atoms with Crippen LogP contribution < -0.4 is 0 Å². The Balaban J connectivity index is 1.51. The summed E-state index contributed by atoms with van der Waals surface area (Å²) in [5, 5.41) is 0. The van der Waals surface area contributed by atoms with E-state index in [4.69, 9.17) is 17.7 Å². The van der Waals surface area contributed by atoms with E-state index in [1.165, 1.54) is 77.0 Å². The van der Waals surface area contributed by atoms with Crippen LogP contribution in [-0.4, -0.2) is 9.05 Å². The zero-order chi connectivity index (χ0) is 25.4. The third-order valence-corrected chi connectivity index (χ3v) is 9.59. The normalized spacial score (nSPS) is 21.8. The Hall–Kier alpha value is -2.34. The van der Waals surface area contributed by atoms with Gasteiger partial charge < -0.3 is 17.7 Å². The highest BCUT2D eigenvalue weighted by Crippen LogP contribution is 2.26. The van der Waals surface area contributed by atoms with Crippen LogP contribution in [0.2, 0.25) is 0 Å². The Labute approximate surface area is 226 Å². The summed E-state index contributed by atoms with van der Waals surface area (Å²) in [4.78, 5) is 0. The van der Waals surface area contributed by atoms with Gasteiger partial charge >= 0.3 is 9.05 Å². The van der Waals surface area contributed by atoms with Crippen molar-refractivity contribution in [3.63, 3.8) is 0 Å². The van der Waals surface area contributed by atoms with Gasteiger partial charge in [-0.25, -0.2) is 0 Å². The van der Waals surface area contributed by atoms with Gasteiger partial charge in [0.05, 0.1) is 0 Å². The van der Waals surface area contributed by atoms with Gasteiger partial charge in [-0.2, -0.15) is 0 Å². The molecule has 0 spiro atoms. The molecule has 4 nitrogen and oxygen atoms in total. The SMILES string of the molecule is C(#CC1CCCCC1)O[Si](OC#CC1CCCCC1)(OC#CC1CCCCC1)OC#CC1CCCCC1. The van der Waals surface area contributed by atoms with Gasteiger partial charge in [0.25, 0.3) is 0 Å². The molecule has 0 unspecified atom stereocenters. The van der Waals surface area contributed by atoms with E-state index in [1.54, 1.807) is 0 Å². The Bertz CT molecular complexity index is 765. The fraction of sp³-hybridized carbons (Fsp3) is 0.750. The molecule has 0 aromatic heterocycles. The minimum Gasteiger partial charge on any atom is -0.399 e. The second-order valence-electron chi connectivity index (χ2n) is 11.2. The van der Waals surface area contributed by atoms with Gasteiger partial charge in [-0.15, -0.1) is 0 Å². The summed E-state index contributed by atoms with van der Waals surface area (Å²) in [6.45, 7) is 0. The fourth-order valence-corrected chi connectivity index (χ4v) is 6.80. The minimum atomic E-state index is -3.83. The average Bonchev–Trinajstić information content (AvgIpc) is 2.95. The second-order valence-corrected chi connectivity index (χ2v) is 13.1. The van der Waals surface area contributed by atoms with Crippen molar-refractivity contribution < 1.29 is 17.7 Å². The van der Waals surface area contributed by atoms with Crippen molar-refractivity contribution in [2.75, 3.05) is 0 Å². The van der Waals surface area contributed by atoms with Crippen LogP contribution >= 0.6 is 0 Å². The van der Waals surface area contributed by atoms with Gasteiger partial charge in [-0.3, -0.25) is 0 Å². The molecular formula is C32H44O4Si. The van der Waals surface area contributed by atoms with Crippen molar-refractivity contribution in [3.8, 4) is 48.1 Å². The highest BCUT2D eigenvalue weighted by molar-refractivity contribution is 6.55. The van der Waals surface area contributed by atoms with Crippen molar-refractivity contribution in [1.82, 2.24) is 0 Å². The molecule has 4 saturated carbocycles. The summed E-state index contributed by atoms with van der Waals surface area (Å²) in [5.41, 5.74) is 0. The summed E-state index contributed by atoms with van der Waals surface area (Å²) in [7, 11) is -3.83. The molecule has 37 heavy (non-hydrogen) atoms. The van der Waals surface area contributed by atoms with Gasteiger partial charge in [-0.05, 0) is 51.4 Å². The first-order valence-electron chi connectivity index (χ1n) is 15.1. The van der Waals surface area contributed by atoms with E-state index in [0.717, 1.165) is 51.4 Å². The Morgan fingerprint density at radius 3 is 0.757 bits per heavy atom. The number of hydrogen-bond acceptors (Lipinski definition) is 4. The minimum absolute atomic E-state index is 0.343. The lowest BCUT2D eigenvalue weighted by Gasteiger charge is -2.19. The maximum absolute atomic E-state index is 6.00. The fourth-order valence-electron chi connectivity index (χ4n) is 5.81. The van der Waals surface area contributed by atoms with Crippen LogP contribution in [0.15, 0.2) is 0 Å². The van der Waals surface area contributed by atoms with Crippen LogP contribution in [-0.2, 0) is 17.7 Å². The van der Waals surface area contributed by atoms with E-state index < -0.39 is 9.05 Å². The molecule has 4 fully saturated rings. The van der Waals surface area contributed by atoms with E-state index in [2.05, 4.69) is 48.1 Å². The second kappa shape index (κ2) is 15.8. The third-order valence-electron chi connectivity index (χ3n) is 8.18. The first-order chi connectivity index (χ1) is 18.3. The van der Waals surface area contributed by atoms with Crippen LogP contribution in [0.4, 0.5) is 0 Å². The van der Waals surface area contributed by atoms with Crippen LogP contribution in [0.25, 0.3) is 0 Å². The van der Waals surface area contributed by atoms with Crippen molar-refractivity contribution >= 4 is 9.05 Å². The van der Waals surface area contributed by atoms with Gasteiger partial charge in [0.1, 0.15) is 24.4 Å². The lowest BCUT2D eigenvalue weighted by Crippen LogP contribution is -2.45. The predicted octanol–water partition coefficient (Wildman–Crippen LogP) is 7.65. The molecule has 0 heterocycles. The molecule has 0 amide bonds. The Kier molecular flexibility index (Phi) is 11.8. The van der Waals surface area contributed by atoms with Gasteiger partial charge in [-0.1, -0.05) is 101 Å². The third kappa shape index (κ3) is 10.1. The summed E-state index contributed by atoms with van der Waals surface area (Å²) in [6, 6.07) is 0. The topological polar surface area (TPSA) is 36.9 Å². The standard InChI is InChI=1S/C32H44O4Si/c1-5-13-29(14-6-1)21-25-33-37(34-26-22-30-15-7-2-8-16-30,35-27-23-31-17-9-3-10-18-31)36-28-24-32-19-11-4-12-20-32/h29-32H,1-20H2. The molecule has 0 aromatic carbocycles. The first-order valence-corrected chi connectivity index (χ1v) is 16.7. The lowest BCUT2D eigenvalue weighted by atomic mass is 9.90. The van der Waals surface area contributed by atoms with Crippen molar-refractivity contribution in [1.29, 1.82) is 0 Å². The largest absolute Gasteiger partial charge is 1.00 e. The molecule has 0 aromatic rings. The smallest absolute Gasteiger partial charge is 0.399 e. The molecule has 4 aliphatic carbocycles. The van der Waals surface area contributed by atoms with Gasteiger partial charge in [0, 0.05) is 23.7 Å². The van der Waals surface area contributed by atoms with E-state index in [-0.39, 0.29) is 0 Å². The van der Waals surface area contributed by atoms with Crippen molar-refractivity contribution in [3.05, 3.63) is 0 Å². The predicted molar refractivity (Wildman–Crippen MR) is 147 cm³/mol. The van der Waals surface area contributed by atoms with E-state index in [9.17, 15) is 0 Å². The molecule has 0 radical (unpaired) electrons. The highest BCUT2D eigenvalue weighted by Gasteiger charge is 2.58. The zero-order valence-electron chi connectivity index (χ0n) is 22.6. The van der Waals surface area contributed by atoms with Crippen LogP contribution in [0.5, 0.6) is 0 Å². The van der Waals surface area contributed by atoms with Crippen LogP contribution in [0, 0.1) is 71.8 Å². The quantitative estimate of drug-likeness (QED) is 0.282. The van der Waals surface area contributed by atoms with Gasteiger partial charge in [0.2, 0.25) is 0 Å². The summed E-state index contributed by atoms with van der Waals surface area (Å²) >= 11 is 0. The van der Waals surface area contributed by atoms with Crippen LogP contribution in [0.1, 0.15) is 128 Å². The van der Waals surface area contributed by atoms with Crippen LogP contribution in [0.3, 0.4) is 0 Å². The highest BCUT2D eigenvalue weighted by atomic mass is 28.4. The maximum Gasteiger partial charge on any atom is 1.00 e. The van der Waals surface area contributed by atoms with E-state index >= 15 is 0 Å². The first kappa shape index (κ1) is 27.7. The molecule has 5 heteroatoms. The molecular weight excluding hydrogens is 476 g/mol. The number of hydrogen-bond donors (Lipinski definition) is 0. The molecule has 200 valence electrons. The molecule has 0 N–H and O–H groups in total. The lowest BCUT2D eigenvalue weighted by molar-refractivity contribution is 0.106. The summed E-state index contributed by atoms with van der Waals surface area (Å²) < 4.78 is 24.0. The Morgan fingerprint density at radius 1 is 0.324 bits per heavy atom. The monoisotopic (exact) mass is 520 g/mol. The number of rotatable bonds is 4. The zero-order valence-corrected chi connectivity index (χ0v) is 23.6. The van der Waals surface area contributed by atoms with Crippen molar-refractivity contribution in [2.24, 2.45) is 23.7 Å². The molecule has 0 bridgehead atoms. The Morgan fingerprint density at radius 2 is 0.541 bits per heavy atom.